The number of benzene rings is 1. The summed E-state index contributed by atoms with van der Waals surface area (Å²) in [6, 6.07) is 9.76. The van der Waals surface area contributed by atoms with Crippen molar-refractivity contribution in [3.8, 4) is 0 Å². The van der Waals surface area contributed by atoms with Crippen molar-refractivity contribution in [2.45, 2.75) is 19.4 Å². The topological polar surface area (TPSA) is 33.4 Å². The number of hydrogen-bond donors (Lipinski definition) is 1. The van der Waals surface area contributed by atoms with Crippen molar-refractivity contribution in [2.75, 3.05) is 0 Å². The van der Waals surface area contributed by atoms with Gasteiger partial charge in [-0.1, -0.05) is 34.1 Å². The minimum Gasteiger partial charge on any atom is -0.469 e. The average Bonchev–Trinajstić information content (AvgIpc) is 2.68. The van der Waals surface area contributed by atoms with Gasteiger partial charge in [-0.15, -0.1) is 0 Å². The number of furan rings is 1. The molecule has 0 bridgehead atoms. The smallest absolute Gasteiger partial charge is 0.101 e. The number of aliphatic hydroxyl groups excluding tert-OH is 1. The van der Waals surface area contributed by atoms with Gasteiger partial charge < -0.3 is 9.52 Å². The number of rotatable bonds is 3. The van der Waals surface area contributed by atoms with Gasteiger partial charge in [0.25, 0.3) is 0 Å². The van der Waals surface area contributed by atoms with Crippen LogP contribution in [0, 0.1) is 6.92 Å². The maximum atomic E-state index is 10.0. The molecule has 0 amide bonds. The Morgan fingerprint density at radius 3 is 2.75 bits per heavy atom. The Morgan fingerprint density at radius 1 is 1.38 bits per heavy atom. The molecule has 1 atom stereocenters. The monoisotopic (exact) mass is 280 g/mol. The van der Waals surface area contributed by atoms with E-state index >= 15 is 0 Å². The van der Waals surface area contributed by atoms with Crippen molar-refractivity contribution in [2.24, 2.45) is 0 Å². The first-order chi connectivity index (χ1) is 7.66. The molecule has 1 aromatic heterocycles. The zero-order valence-electron chi connectivity index (χ0n) is 8.98. The number of hydrogen-bond acceptors (Lipinski definition) is 2. The molecule has 0 radical (unpaired) electrons. The molecule has 0 saturated heterocycles. The van der Waals surface area contributed by atoms with Crippen LogP contribution >= 0.6 is 15.9 Å². The van der Waals surface area contributed by atoms with Crippen LogP contribution in [0.1, 0.15) is 23.0 Å². The quantitative estimate of drug-likeness (QED) is 0.932. The van der Waals surface area contributed by atoms with Crippen molar-refractivity contribution in [1.29, 1.82) is 0 Å². The predicted octanol–water partition coefficient (Wildman–Crippen LogP) is 3.63. The van der Waals surface area contributed by atoms with Crippen LogP contribution in [-0.4, -0.2) is 5.11 Å². The van der Waals surface area contributed by atoms with Gasteiger partial charge in [-0.2, -0.15) is 0 Å². The van der Waals surface area contributed by atoms with Gasteiger partial charge >= 0.3 is 0 Å². The first kappa shape index (κ1) is 11.4. The lowest BCUT2D eigenvalue weighted by atomic mass is 10.0. The Bertz CT molecular complexity index is 476. The minimum atomic E-state index is -0.517. The molecule has 0 aliphatic rings. The van der Waals surface area contributed by atoms with Gasteiger partial charge in [-0.25, -0.2) is 0 Å². The van der Waals surface area contributed by atoms with Crippen LogP contribution in [-0.2, 0) is 6.42 Å². The van der Waals surface area contributed by atoms with Crippen molar-refractivity contribution >= 4 is 15.9 Å². The molecule has 0 aliphatic carbocycles. The van der Waals surface area contributed by atoms with Crippen molar-refractivity contribution in [3.63, 3.8) is 0 Å². The third kappa shape index (κ3) is 2.54. The standard InChI is InChI=1S/C13H13BrO2/c1-9-6-11(8-16-9)13(15)7-10-4-2-3-5-12(10)14/h2-6,8,13,15H,7H2,1H3. The van der Waals surface area contributed by atoms with Crippen molar-refractivity contribution in [3.05, 3.63) is 58.0 Å². The Kier molecular flexibility index (Phi) is 3.46. The Morgan fingerprint density at radius 2 is 2.12 bits per heavy atom. The second-order valence-electron chi connectivity index (χ2n) is 3.80. The Labute approximate surface area is 103 Å². The van der Waals surface area contributed by atoms with Gasteiger partial charge in [0.15, 0.2) is 0 Å². The lowest BCUT2D eigenvalue weighted by molar-refractivity contribution is 0.177. The summed E-state index contributed by atoms with van der Waals surface area (Å²) in [5, 5.41) is 10.0. The third-order valence-electron chi connectivity index (χ3n) is 2.51. The fourth-order valence-electron chi connectivity index (χ4n) is 1.63. The molecule has 1 aromatic carbocycles. The largest absolute Gasteiger partial charge is 0.469 e. The minimum absolute atomic E-state index is 0.517. The summed E-state index contributed by atoms with van der Waals surface area (Å²) >= 11 is 3.47. The molecule has 1 heterocycles. The normalized spacial score (nSPS) is 12.7. The maximum Gasteiger partial charge on any atom is 0.101 e. The highest BCUT2D eigenvalue weighted by Crippen LogP contribution is 2.24. The molecule has 2 aromatic rings. The number of halogens is 1. The van der Waals surface area contributed by atoms with E-state index in [-0.39, 0.29) is 0 Å². The van der Waals surface area contributed by atoms with Gasteiger partial charge in [-0.05, 0) is 24.6 Å². The molecule has 0 saturated carbocycles. The summed E-state index contributed by atoms with van der Waals surface area (Å²) in [6.07, 6.45) is 1.67. The van der Waals surface area contributed by atoms with Crippen LogP contribution in [0.5, 0.6) is 0 Å². The van der Waals surface area contributed by atoms with E-state index in [1.807, 2.05) is 37.3 Å². The molecule has 84 valence electrons. The number of aliphatic hydroxyl groups is 1. The van der Waals surface area contributed by atoms with Gasteiger partial charge in [0.1, 0.15) is 5.76 Å². The van der Waals surface area contributed by atoms with Gasteiger partial charge in [0.2, 0.25) is 0 Å². The van der Waals surface area contributed by atoms with E-state index in [0.717, 1.165) is 21.4 Å². The second-order valence-corrected chi connectivity index (χ2v) is 4.66. The zero-order chi connectivity index (χ0) is 11.5. The van der Waals surface area contributed by atoms with E-state index in [9.17, 15) is 5.11 Å². The highest BCUT2D eigenvalue weighted by atomic mass is 79.9. The Balaban J connectivity index is 2.13. The average molecular weight is 281 g/mol. The first-order valence-corrected chi connectivity index (χ1v) is 5.92. The lowest BCUT2D eigenvalue weighted by Gasteiger charge is -2.09. The van der Waals surface area contributed by atoms with E-state index in [2.05, 4.69) is 15.9 Å². The van der Waals surface area contributed by atoms with E-state index in [4.69, 9.17) is 4.42 Å². The van der Waals surface area contributed by atoms with E-state index < -0.39 is 6.10 Å². The highest BCUT2D eigenvalue weighted by molar-refractivity contribution is 9.10. The molecular weight excluding hydrogens is 268 g/mol. The third-order valence-corrected chi connectivity index (χ3v) is 3.28. The SMILES string of the molecule is Cc1cc(C(O)Cc2ccccc2Br)co1. The Hall–Kier alpha value is -1.06. The molecule has 2 rings (SSSR count). The molecule has 0 fully saturated rings. The van der Waals surface area contributed by atoms with Crippen LogP contribution in [0.2, 0.25) is 0 Å². The van der Waals surface area contributed by atoms with E-state index in [1.54, 1.807) is 6.26 Å². The second kappa shape index (κ2) is 4.85. The van der Waals surface area contributed by atoms with E-state index in [0.29, 0.717) is 6.42 Å². The first-order valence-electron chi connectivity index (χ1n) is 5.13. The van der Waals surface area contributed by atoms with Crippen LogP contribution in [0.15, 0.2) is 45.5 Å². The molecule has 3 heteroatoms. The van der Waals surface area contributed by atoms with Crippen molar-refractivity contribution in [1.82, 2.24) is 0 Å². The van der Waals surface area contributed by atoms with Gasteiger partial charge in [0.05, 0.1) is 12.4 Å². The van der Waals surface area contributed by atoms with Crippen LogP contribution in [0.4, 0.5) is 0 Å². The fourth-order valence-corrected chi connectivity index (χ4v) is 2.08. The number of aryl methyl sites for hydroxylation is 1. The predicted molar refractivity (Wildman–Crippen MR) is 66.3 cm³/mol. The molecule has 1 N–H and O–H groups in total. The molecule has 2 nitrogen and oxygen atoms in total. The van der Waals surface area contributed by atoms with Crippen LogP contribution < -0.4 is 0 Å². The van der Waals surface area contributed by atoms with Gasteiger partial charge in [0, 0.05) is 16.5 Å². The summed E-state index contributed by atoms with van der Waals surface area (Å²) in [6.45, 7) is 1.87. The summed E-state index contributed by atoms with van der Waals surface area (Å²) in [5.74, 6) is 0.821. The highest BCUT2D eigenvalue weighted by Gasteiger charge is 2.12. The van der Waals surface area contributed by atoms with Crippen LogP contribution in [0.3, 0.4) is 0 Å². The van der Waals surface area contributed by atoms with Crippen molar-refractivity contribution < 1.29 is 9.52 Å². The molecule has 0 aliphatic heterocycles. The summed E-state index contributed by atoms with van der Waals surface area (Å²) < 4.78 is 6.20. The van der Waals surface area contributed by atoms with E-state index in [1.165, 1.54) is 0 Å². The zero-order valence-corrected chi connectivity index (χ0v) is 10.6. The summed E-state index contributed by atoms with van der Waals surface area (Å²) in [7, 11) is 0. The lowest BCUT2D eigenvalue weighted by Crippen LogP contribution is -2.00. The summed E-state index contributed by atoms with van der Waals surface area (Å²) in [5.41, 5.74) is 1.92. The molecule has 16 heavy (non-hydrogen) atoms. The molecular formula is C13H13BrO2. The maximum absolute atomic E-state index is 10.0. The molecule has 1 unspecified atom stereocenters. The summed E-state index contributed by atoms with van der Waals surface area (Å²) in [4.78, 5) is 0. The fraction of sp³-hybridized carbons (Fsp3) is 0.231. The van der Waals surface area contributed by atoms with Crippen LogP contribution in [0.25, 0.3) is 0 Å². The molecule has 0 spiro atoms. The van der Waals surface area contributed by atoms with Gasteiger partial charge in [-0.3, -0.25) is 0 Å².